The number of nitriles is 1. The second-order valence-electron chi connectivity index (χ2n) is 9.52. The molecule has 1 N–H and O–H groups in total. The Morgan fingerprint density at radius 2 is 1.26 bits per heavy atom. The molecule has 0 aliphatic heterocycles. The number of aliphatic hydroxyl groups is 1. The number of aliphatic hydroxyl groups excluding tert-OH is 1. The van der Waals surface area contributed by atoms with Crippen LogP contribution >= 0.6 is 0 Å². The van der Waals surface area contributed by atoms with Crippen molar-refractivity contribution in [3.8, 4) is 6.07 Å². The molecule has 0 aliphatic carbocycles. The first-order valence-electron chi connectivity index (χ1n) is 13.6. The van der Waals surface area contributed by atoms with Crippen LogP contribution in [0.4, 0.5) is 4.39 Å². The van der Waals surface area contributed by atoms with Crippen LogP contribution in [-0.2, 0) is 31.4 Å². The molecule has 0 heterocycles. The second kappa shape index (κ2) is 23.9. The van der Waals surface area contributed by atoms with Gasteiger partial charge in [-0.3, -0.25) is 0 Å². The molecule has 0 fully saturated rings. The Kier molecular flexibility index (Phi) is 23.4. The zero-order valence-corrected chi connectivity index (χ0v) is 23.9. The van der Waals surface area contributed by atoms with E-state index < -0.39 is 5.82 Å². The fraction of sp³-hybridized carbons (Fsp3) is 0.759. The molecule has 0 saturated carbocycles. The minimum absolute atomic E-state index is 0. The summed E-state index contributed by atoms with van der Waals surface area (Å²) in [6.07, 6.45) is 23.5. The maximum absolute atomic E-state index is 13.5. The van der Waals surface area contributed by atoms with Crippen molar-refractivity contribution < 1.29 is 34.3 Å². The number of rotatable bonds is 22. The fourth-order valence-corrected chi connectivity index (χ4v) is 4.34. The van der Waals surface area contributed by atoms with Crippen molar-refractivity contribution in [2.75, 3.05) is 6.61 Å². The van der Waals surface area contributed by atoms with Gasteiger partial charge in [0.25, 0.3) is 0 Å². The van der Waals surface area contributed by atoms with Crippen LogP contribution in [0, 0.1) is 17.1 Å². The molecule has 0 bridgehead atoms. The van der Waals surface area contributed by atoms with Crippen molar-refractivity contribution in [1.82, 2.24) is 0 Å². The van der Waals surface area contributed by atoms with Crippen LogP contribution in [0.15, 0.2) is 18.2 Å². The van der Waals surface area contributed by atoms with E-state index in [0.29, 0.717) is 11.1 Å². The molecule has 0 saturated heterocycles. The van der Waals surface area contributed by atoms with Crippen molar-refractivity contribution >= 4 is 0 Å². The van der Waals surface area contributed by atoms with Gasteiger partial charge in [-0.1, -0.05) is 116 Å². The maximum atomic E-state index is 13.5. The van der Waals surface area contributed by atoms with Crippen LogP contribution in [0.1, 0.15) is 134 Å². The predicted octanol–water partition coefficient (Wildman–Crippen LogP) is 8.61. The molecular weight excluding hydrogens is 606 g/mol. The number of nitrogens with zero attached hydrogens (tertiary/aromatic N) is 1. The van der Waals surface area contributed by atoms with E-state index >= 15 is 0 Å². The van der Waals surface area contributed by atoms with Gasteiger partial charge in [0, 0.05) is 20.1 Å². The van der Waals surface area contributed by atoms with E-state index in [1.807, 2.05) is 6.07 Å². The molecule has 1 rings (SSSR count). The Labute approximate surface area is 222 Å². The van der Waals surface area contributed by atoms with E-state index in [-0.39, 0.29) is 39.4 Å². The summed E-state index contributed by atoms with van der Waals surface area (Å²) in [7, 11) is 0. The topological polar surface area (TPSA) is 53.2 Å². The summed E-state index contributed by atoms with van der Waals surface area (Å²) in [6.45, 7) is 2.47. The summed E-state index contributed by atoms with van der Waals surface area (Å²) >= 11 is 0. The summed E-state index contributed by atoms with van der Waals surface area (Å²) < 4.78 is 19.2. The van der Waals surface area contributed by atoms with Gasteiger partial charge in [0.1, 0.15) is 5.82 Å². The molecule has 1 aromatic carbocycles. The van der Waals surface area contributed by atoms with E-state index in [1.165, 1.54) is 108 Å². The van der Waals surface area contributed by atoms with Crippen molar-refractivity contribution in [2.45, 2.75) is 135 Å². The van der Waals surface area contributed by atoms with E-state index in [2.05, 4.69) is 6.92 Å². The first-order chi connectivity index (χ1) is 16.2. The van der Waals surface area contributed by atoms with E-state index in [9.17, 15) is 9.50 Å². The molecule has 34 heavy (non-hydrogen) atoms. The SMILES string of the molecule is CCCCCCCCCCCCCCCCCCCC(CO)OCc1cc(F)cc(C#N)c1.[Ir]. The van der Waals surface area contributed by atoms with Crippen LogP contribution in [0.5, 0.6) is 0 Å². The summed E-state index contributed by atoms with van der Waals surface area (Å²) in [6, 6.07) is 6.18. The van der Waals surface area contributed by atoms with Gasteiger partial charge in [-0.25, -0.2) is 4.39 Å². The van der Waals surface area contributed by atoms with Crippen LogP contribution in [0.2, 0.25) is 0 Å². The summed E-state index contributed by atoms with van der Waals surface area (Å²) in [4.78, 5) is 0. The normalized spacial score (nSPS) is 11.7. The standard InChI is InChI=1S/C29H48FNO2.Ir/c1-2-3-4-5-6-7-8-9-10-11-12-13-14-15-16-17-18-19-29(24-32)33-25-27-20-26(23-31)21-28(30)22-27;/h20-22,29,32H,2-19,24-25H2,1H3;. The predicted molar refractivity (Wildman–Crippen MR) is 136 cm³/mol. The second-order valence-corrected chi connectivity index (χ2v) is 9.52. The van der Waals surface area contributed by atoms with Crippen molar-refractivity contribution in [3.05, 3.63) is 35.1 Å². The number of halogens is 1. The Balaban J connectivity index is 0.0000109. The maximum Gasteiger partial charge on any atom is 0.124 e. The average molecular weight is 654 g/mol. The molecule has 197 valence electrons. The molecule has 3 nitrogen and oxygen atoms in total. The molecule has 5 heteroatoms. The van der Waals surface area contributed by atoms with Crippen LogP contribution < -0.4 is 0 Å². The quantitative estimate of drug-likeness (QED) is 0.128. The first-order valence-corrected chi connectivity index (χ1v) is 13.6. The van der Waals surface area contributed by atoms with Gasteiger partial charge < -0.3 is 9.84 Å². The van der Waals surface area contributed by atoms with Crippen molar-refractivity contribution in [3.63, 3.8) is 0 Å². The Bertz CT molecular complexity index is 635. The monoisotopic (exact) mass is 654 g/mol. The third-order valence-electron chi connectivity index (χ3n) is 6.41. The molecular formula is C29H48FIrNO2. The molecule has 1 aromatic rings. The smallest absolute Gasteiger partial charge is 0.124 e. The molecule has 0 spiro atoms. The zero-order valence-electron chi connectivity index (χ0n) is 21.5. The number of hydrogen-bond acceptors (Lipinski definition) is 3. The minimum Gasteiger partial charge on any atom is -0.394 e. The van der Waals surface area contributed by atoms with E-state index in [0.717, 1.165) is 19.3 Å². The number of ether oxygens (including phenoxy) is 1. The number of unbranched alkanes of at least 4 members (excludes halogenated alkanes) is 16. The van der Waals surface area contributed by atoms with Gasteiger partial charge >= 0.3 is 0 Å². The van der Waals surface area contributed by atoms with Crippen LogP contribution in [-0.4, -0.2) is 17.8 Å². The van der Waals surface area contributed by atoms with Gasteiger partial charge in [-0.2, -0.15) is 5.26 Å². The zero-order chi connectivity index (χ0) is 24.0. The van der Waals surface area contributed by atoms with Gasteiger partial charge in [0.05, 0.1) is 31.0 Å². The third-order valence-corrected chi connectivity index (χ3v) is 6.41. The van der Waals surface area contributed by atoms with Crippen molar-refractivity contribution in [1.29, 1.82) is 5.26 Å². The Morgan fingerprint density at radius 1 is 0.794 bits per heavy atom. The largest absolute Gasteiger partial charge is 0.394 e. The molecule has 1 radical (unpaired) electrons. The van der Waals surface area contributed by atoms with E-state index in [4.69, 9.17) is 10.00 Å². The Hall–Kier alpha value is -0.791. The summed E-state index contributed by atoms with van der Waals surface area (Å²) in [5, 5.41) is 18.5. The van der Waals surface area contributed by atoms with Crippen LogP contribution in [0.3, 0.4) is 0 Å². The third kappa shape index (κ3) is 18.5. The summed E-state index contributed by atoms with van der Waals surface area (Å²) in [5.41, 5.74) is 0.926. The van der Waals surface area contributed by atoms with Crippen molar-refractivity contribution in [2.24, 2.45) is 0 Å². The molecule has 1 unspecified atom stereocenters. The Morgan fingerprint density at radius 3 is 1.71 bits per heavy atom. The van der Waals surface area contributed by atoms with E-state index in [1.54, 1.807) is 6.07 Å². The molecule has 0 amide bonds. The van der Waals surface area contributed by atoms with Gasteiger partial charge in [-0.15, -0.1) is 0 Å². The van der Waals surface area contributed by atoms with Gasteiger partial charge in [-0.05, 0) is 30.2 Å². The number of benzene rings is 1. The molecule has 0 aromatic heterocycles. The molecule has 0 aliphatic rings. The van der Waals surface area contributed by atoms with Gasteiger partial charge in [0.2, 0.25) is 0 Å². The fourth-order valence-electron chi connectivity index (χ4n) is 4.34. The van der Waals surface area contributed by atoms with Crippen LogP contribution in [0.25, 0.3) is 0 Å². The summed E-state index contributed by atoms with van der Waals surface area (Å²) in [5.74, 6) is -0.429. The molecule has 1 atom stereocenters. The van der Waals surface area contributed by atoms with Gasteiger partial charge in [0.15, 0.2) is 0 Å². The average Bonchev–Trinajstić information content (AvgIpc) is 2.82. The number of hydrogen-bond donors (Lipinski definition) is 1. The minimum atomic E-state index is -0.429. The first kappa shape index (κ1) is 33.2.